The van der Waals surface area contributed by atoms with Crippen LogP contribution in [0.1, 0.15) is 25.1 Å². The number of nitrogens with zero attached hydrogens (tertiary/aromatic N) is 2. The number of hydrogen-bond acceptors (Lipinski definition) is 3. The van der Waals surface area contributed by atoms with E-state index >= 15 is 0 Å². The maximum atomic E-state index is 13.5. The lowest BCUT2D eigenvalue weighted by molar-refractivity contribution is 0.0233. The largest absolute Gasteiger partial charge is 0.389 e. The smallest absolute Gasteiger partial charge is 0.123 e. The predicted molar refractivity (Wildman–Crippen MR) is 106 cm³/mol. The van der Waals surface area contributed by atoms with E-state index in [4.69, 9.17) is 11.2 Å². The number of aromatic nitrogens is 1. The average molecular weight is 372 g/mol. The number of aliphatic hydroxyl groups is 1. The lowest BCUT2D eigenvalue weighted by Crippen LogP contribution is -2.37. The van der Waals surface area contributed by atoms with Crippen LogP contribution in [-0.2, 0) is 17.8 Å². The molecule has 0 unspecified atom stereocenters. The summed E-state index contributed by atoms with van der Waals surface area (Å²) in [6, 6.07) is 10.7. The second kappa shape index (κ2) is 10.9. The van der Waals surface area contributed by atoms with E-state index in [1.165, 1.54) is 6.07 Å². The Bertz CT molecular complexity index is 736. The van der Waals surface area contributed by atoms with Crippen LogP contribution in [0, 0.1) is 24.1 Å². The molecule has 0 aliphatic heterocycles. The summed E-state index contributed by atoms with van der Waals surface area (Å²) in [7, 11) is 0. The fourth-order valence-electron chi connectivity index (χ4n) is 3.13. The van der Waals surface area contributed by atoms with Crippen molar-refractivity contribution in [2.75, 3.05) is 26.3 Å². The fourth-order valence-corrected chi connectivity index (χ4v) is 3.13. The van der Waals surface area contributed by atoms with E-state index in [1.807, 2.05) is 18.3 Å². The van der Waals surface area contributed by atoms with Gasteiger partial charge in [-0.05, 0) is 35.7 Å². The summed E-state index contributed by atoms with van der Waals surface area (Å²) in [4.78, 5) is 2.21. The number of rotatable bonds is 11. The van der Waals surface area contributed by atoms with E-state index < -0.39 is 6.10 Å². The Morgan fingerprint density at radius 2 is 2.07 bits per heavy atom. The second-order valence-corrected chi connectivity index (χ2v) is 7.22. The summed E-state index contributed by atoms with van der Waals surface area (Å²) in [5.41, 5.74) is 2.04. The molecule has 4 nitrogen and oxygen atoms in total. The molecule has 1 heterocycles. The molecule has 146 valence electrons. The van der Waals surface area contributed by atoms with E-state index in [0.717, 1.165) is 17.8 Å². The molecule has 27 heavy (non-hydrogen) atoms. The maximum absolute atomic E-state index is 13.5. The van der Waals surface area contributed by atoms with Crippen LogP contribution in [0.15, 0.2) is 42.6 Å². The van der Waals surface area contributed by atoms with E-state index in [0.29, 0.717) is 25.6 Å². The topological polar surface area (TPSA) is 37.6 Å². The molecule has 2 rings (SSSR count). The quantitative estimate of drug-likeness (QED) is 0.486. The first-order chi connectivity index (χ1) is 13.0. The van der Waals surface area contributed by atoms with Gasteiger partial charge in [0.1, 0.15) is 12.4 Å². The molecule has 1 aromatic heterocycles. The first-order valence-corrected chi connectivity index (χ1v) is 9.28. The summed E-state index contributed by atoms with van der Waals surface area (Å²) in [5.74, 6) is 2.65. The molecule has 2 aromatic rings. The van der Waals surface area contributed by atoms with Crippen molar-refractivity contribution in [3.63, 3.8) is 0 Å². The zero-order chi connectivity index (χ0) is 19.6. The third-order valence-electron chi connectivity index (χ3n) is 4.14. The van der Waals surface area contributed by atoms with Gasteiger partial charge in [-0.1, -0.05) is 31.9 Å². The Morgan fingerprint density at radius 1 is 1.26 bits per heavy atom. The molecule has 0 fully saturated rings. The minimum absolute atomic E-state index is 0.206. The van der Waals surface area contributed by atoms with Crippen molar-refractivity contribution in [3.8, 4) is 12.3 Å². The highest BCUT2D eigenvalue weighted by Gasteiger charge is 2.15. The van der Waals surface area contributed by atoms with Gasteiger partial charge in [0.25, 0.3) is 0 Å². The number of ether oxygens (including phenoxy) is 1. The summed E-state index contributed by atoms with van der Waals surface area (Å²) >= 11 is 0. The highest BCUT2D eigenvalue weighted by molar-refractivity contribution is 5.19. The average Bonchev–Trinajstić information content (AvgIpc) is 3.01. The molecule has 0 bridgehead atoms. The summed E-state index contributed by atoms with van der Waals surface area (Å²) < 4.78 is 20.8. The van der Waals surface area contributed by atoms with E-state index in [2.05, 4.69) is 35.3 Å². The molecular formula is C22H29FN2O2. The number of benzene rings is 1. The Balaban J connectivity index is 2.02. The number of aliphatic hydroxyl groups excluding tert-OH is 1. The fraction of sp³-hybridized carbons (Fsp3) is 0.455. The number of hydrogen-bond donors (Lipinski definition) is 1. The lowest BCUT2D eigenvalue weighted by atomic mass is 10.2. The highest BCUT2D eigenvalue weighted by Crippen LogP contribution is 2.13. The highest BCUT2D eigenvalue weighted by atomic mass is 19.1. The molecule has 5 heteroatoms. The van der Waals surface area contributed by atoms with Crippen LogP contribution in [-0.4, -0.2) is 47.0 Å². The van der Waals surface area contributed by atoms with Crippen molar-refractivity contribution < 1.29 is 14.2 Å². The maximum Gasteiger partial charge on any atom is 0.123 e. The molecule has 0 saturated carbocycles. The molecule has 0 aliphatic carbocycles. The third-order valence-corrected chi connectivity index (χ3v) is 4.14. The predicted octanol–water partition coefficient (Wildman–Crippen LogP) is 3.14. The molecule has 0 radical (unpaired) electrons. The summed E-state index contributed by atoms with van der Waals surface area (Å²) in [5, 5.41) is 10.2. The Hall–Kier alpha value is -2.13. The van der Waals surface area contributed by atoms with Gasteiger partial charge in [0, 0.05) is 38.1 Å². The number of terminal acetylenes is 1. The first kappa shape index (κ1) is 21.2. The zero-order valence-corrected chi connectivity index (χ0v) is 16.1. The molecule has 0 amide bonds. The van der Waals surface area contributed by atoms with Crippen molar-refractivity contribution >= 4 is 0 Å². The summed E-state index contributed by atoms with van der Waals surface area (Å²) in [6.45, 7) is 7.42. The van der Waals surface area contributed by atoms with Gasteiger partial charge in [0.15, 0.2) is 0 Å². The minimum atomic E-state index is -0.594. The van der Waals surface area contributed by atoms with Gasteiger partial charge in [-0.3, -0.25) is 4.90 Å². The standard InChI is InChI=1S/C22H29FN2O2/c1-4-11-27-17-22(26)16-24(13-18(2)3)15-21-9-6-10-25(21)14-19-7-5-8-20(23)12-19/h1,5-10,12,18,22,26H,11,13-17H2,2-3H3/t22-/m0/s1. The van der Waals surface area contributed by atoms with Crippen LogP contribution in [0.4, 0.5) is 4.39 Å². The SMILES string of the molecule is C#CCOC[C@@H](O)CN(Cc1cccn1Cc1cccc(F)c1)CC(C)C. The van der Waals surface area contributed by atoms with Crippen LogP contribution >= 0.6 is 0 Å². The van der Waals surface area contributed by atoms with Crippen LogP contribution in [0.5, 0.6) is 0 Å². The monoisotopic (exact) mass is 372 g/mol. The van der Waals surface area contributed by atoms with Crippen molar-refractivity contribution in [2.24, 2.45) is 5.92 Å². The van der Waals surface area contributed by atoms with Gasteiger partial charge in [0.05, 0.1) is 12.7 Å². The Morgan fingerprint density at radius 3 is 2.78 bits per heavy atom. The second-order valence-electron chi connectivity index (χ2n) is 7.22. The van der Waals surface area contributed by atoms with E-state index in [-0.39, 0.29) is 19.0 Å². The van der Waals surface area contributed by atoms with Crippen LogP contribution < -0.4 is 0 Å². The van der Waals surface area contributed by atoms with Crippen LogP contribution in [0.25, 0.3) is 0 Å². The van der Waals surface area contributed by atoms with Crippen LogP contribution in [0.3, 0.4) is 0 Å². The number of halogens is 1. The van der Waals surface area contributed by atoms with Gasteiger partial charge in [-0.2, -0.15) is 0 Å². The van der Waals surface area contributed by atoms with E-state index in [9.17, 15) is 9.50 Å². The zero-order valence-electron chi connectivity index (χ0n) is 16.1. The Labute approximate surface area is 161 Å². The van der Waals surface area contributed by atoms with Gasteiger partial charge in [-0.25, -0.2) is 4.39 Å². The van der Waals surface area contributed by atoms with Crippen LogP contribution in [0.2, 0.25) is 0 Å². The van der Waals surface area contributed by atoms with Crippen molar-refractivity contribution in [1.29, 1.82) is 0 Å². The summed E-state index contributed by atoms with van der Waals surface area (Å²) in [6.07, 6.45) is 6.57. The van der Waals surface area contributed by atoms with Gasteiger partial charge < -0.3 is 14.4 Å². The van der Waals surface area contributed by atoms with Crippen molar-refractivity contribution in [3.05, 3.63) is 59.7 Å². The molecule has 1 atom stereocenters. The van der Waals surface area contributed by atoms with Crippen molar-refractivity contribution in [2.45, 2.75) is 33.0 Å². The van der Waals surface area contributed by atoms with Crippen molar-refractivity contribution in [1.82, 2.24) is 9.47 Å². The van der Waals surface area contributed by atoms with E-state index in [1.54, 1.807) is 12.1 Å². The molecule has 0 saturated heterocycles. The molecule has 0 aliphatic rings. The molecular weight excluding hydrogens is 343 g/mol. The first-order valence-electron chi connectivity index (χ1n) is 9.28. The van der Waals surface area contributed by atoms with Gasteiger partial charge >= 0.3 is 0 Å². The molecule has 1 aromatic carbocycles. The van der Waals surface area contributed by atoms with Gasteiger partial charge in [-0.15, -0.1) is 6.42 Å². The molecule has 1 N–H and O–H groups in total. The minimum Gasteiger partial charge on any atom is -0.389 e. The van der Waals surface area contributed by atoms with Gasteiger partial charge in [0.2, 0.25) is 0 Å². The lowest BCUT2D eigenvalue weighted by Gasteiger charge is -2.27. The molecule has 0 spiro atoms. The Kier molecular flexibility index (Phi) is 8.53. The normalized spacial score (nSPS) is 12.5. The third kappa shape index (κ3) is 7.56.